The molecule has 0 aliphatic carbocycles. The molecule has 1 N–H and O–H groups in total. The number of rotatable bonds is 4. The molecule has 78 valence electrons. The lowest BCUT2D eigenvalue weighted by molar-refractivity contribution is 0.656. The van der Waals surface area contributed by atoms with E-state index in [2.05, 4.69) is 34.5 Å². The first-order valence-corrected chi connectivity index (χ1v) is 5.01. The third-order valence-corrected chi connectivity index (χ3v) is 1.66. The summed E-state index contributed by atoms with van der Waals surface area (Å²) in [7, 11) is 0. The van der Waals surface area contributed by atoms with E-state index in [0.29, 0.717) is 5.82 Å². The molecule has 0 saturated carbocycles. The molecule has 0 radical (unpaired) electrons. The van der Waals surface area contributed by atoms with Crippen LogP contribution in [-0.2, 0) is 0 Å². The van der Waals surface area contributed by atoms with Gasteiger partial charge in [-0.05, 0) is 6.92 Å². The molecule has 0 spiro atoms. The summed E-state index contributed by atoms with van der Waals surface area (Å²) in [5, 5.41) is 12.7. The van der Waals surface area contributed by atoms with Gasteiger partial charge in [-0.3, -0.25) is 0 Å². The maximum absolute atomic E-state index is 3.57. The van der Waals surface area contributed by atoms with E-state index in [1.54, 1.807) is 6.92 Å². The average molecular weight is 186 g/mol. The van der Waals surface area contributed by atoms with Crippen LogP contribution >= 0.6 is 0 Å². The van der Waals surface area contributed by atoms with Crippen molar-refractivity contribution in [1.29, 1.82) is 0 Å². The number of nitrogens with zero attached hydrogens (tertiary/aromatic N) is 3. The summed E-state index contributed by atoms with van der Waals surface area (Å²) < 4.78 is 0. The van der Waals surface area contributed by atoms with Crippen molar-refractivity contribution in [2.45, 2.75) is 52.9 Å². The van der Waals surface area contributed by atoms with Crippen LogP contribution in [0.3, 0.4) is 0 Å². The van der Waals surface area contributed by atoms with Crippen LogP contribution in [0.25, 0.3) is 0 Å². The van der Waals surface area contributed by atoms with Crippen LogP contribution in [0, 0.1) is 6.92 Å². The molecule has 1 heterocycles. The summed E-state index contributed by atoms with van der Waals surface area (Å²) in [6, 6.07) is 0. The fraction of sp³-hybridized carbons (Fsp3) is 0.889. The molecule has 4 heteroatoms. The first kappa shape index (κ1) is 12.1. The third-order valence-electron chi connectivity index (χ3n) is 1.66. The van der Waals surface area contributed by atoms with Crippen molar-refractivity contribution in [3.8, 4) is 0 Å². The van der Waals surface area contributed by atoms with Crippen molar-refractivity contribution in [1.82, 2.24) is 20.6 Å². The number of aryl methyl sites for hydroxylation is 1. The number of aromatic nitrogens is 4. The largest absolute Gasteiger partial charge is 0.177 e. The zero-order valence-electron chi connectivity index (χ0n) is 8.88. The van der Waals surface area contributed by atoms with Crippen LogP contribution in [-0.4, -0.2) is 20.6 Å². The number of hydrogen-bond donors (Lipinski definition) is 1. The lowest BCUT2D eigenvalue weighted by Crippen LogP contribution is -1.70. The molecule has 1 aromatic heterocycles. The highest BCUT2D eigenvalue weighted by molar-refractivity contribution is 4.63. The first-order valence-electron chi connectivity index (χ1n) is 5.01. The predicted octanol–water partition coefficient (Wildman–Crippen LogP) is 2.73. The van der Waals surface area contributed by atoms with Gasteiger partial charge in [0, 0.05) is 1.43 Å². The van der Waals surface area contributed by atoms with Crippen LogP contribution in [0.1, 0.15) is 53.2 Å². The Kier molecular flexibility index (Phi) is 8.51. The van der Waals surface area contributed by atoms with E-state index in [0.717, 1.165) is 0 Å². The van der Waals surface area contributed by atoms with E-state index < -0.39 is 0 Å². The Morgan fingerprint density at radius 3 is 2.00 bits per heavy atom. The molecule has 1 rings (SSSR count). The molecular weight excluding hydrogens is 164 g/mol. The minimum Gasteiger partial charge on any atom is -0.177 e. The zero-order valence-corrected chi connectivity index (χ0v) is 8.88. The van der Waals surface area contributed by atoms with Gasteiger partial charge in [0.25, 0.3) is 0 Å². The Bertz CT molecular complexity index is 173. The van der Waals surface area contributed by atoms with Crippen LogP contribution in [0.4, 0.5) is 0 Å². The van der Waals surface area contributed by atoms with E-state index in [-0.39, 0.29) is 1.43 Å². The molecule has 0 amide bonds. The van der Waals surface area contributed by atoms with Gasteiger partial charge in [-0.15, -0.1) is 10.2 Å². The van der Waals surface area contributed by atoms with E-state index in [1.807, 2.05) is 0 Å². The molecule has 0 saturated heterocycles. The van der Waals surface area contributed by atoms with Gasteiger partial charge in [-0.25, -0.2) is 0 Å². The van der Waals surface area contributed by atoms with Gasteiger partial charge >= 0.3 is 0 Å². The highest BCUT2D eigenvalue weighted by Gasteiger charge is 1.80. The molecular formula is C9H22N4. The number of unbranched alkanes of at least 4 members (excludes halogenated alkanes) is 4. The quantitative estimate of drug-likeness (QED) is 0.735. The number of H-pyrrole nitrogens is 1. The van der Waals surface area contributed by atoms with Crippen molar-refractivity contribution in [3.63, 3.8) is 0 Å². The lowest BCUT2D eigenvalue weighted by atomic mass is 10.2. The van der Waals surface area contributed by atoms with Gasteiger partial charge in [0.1, 0.15) is 0 Å². The normalized spacial score (nSPS) is 9.15. The van der Waals surface area contributed by atoms with Gasteiger partial charge in [0.2, 0.25) is 0 Å². The van der Waals surface area contributed by atoms with Crippen LogP contribution in [0.15, 0.2) is 0 Å². The molecule has 1 aromatic rings. The molecule has 13 heavy (non-hydrogen) atoms. The van der Waals surface area contributed by atoms with Gasteiger partial charge in [-0.2, -0.15) is 5.21 Å². The van der Waals surface area contributed by atoms with Crippen LogP contribution in [0.2, 0.25) is 0 Å². The third kappa shape index (κ3) is 8.98. The molecule has 0 atom stereocenters. The van der Waals surface area contributed by atoms with Crippen molar-refractivity contribution in [2.24, 2.45) is 0 Å². The standard InChI is InChI=1S/C7H16.C2H4N4.H2/c1-3-5-7-6-4-2;1-2-3-5-6-4-2;/h3-7H2,1-2H3;1H3,(H,3,4,5,6);1H. The topological polar surface area (TPSA) is 54.5 Å². The average Bonchev–Trinajstić information content (AvgIpc) is 2.58. The number of hydrogen-bond acceptors (Lipinski definition) is 3. The van der Waals surface area contributed by atoms with E-state index in [1.165, 1.54) is 32.1 Å². The molecule has 0 bridgehead atoms. The molecule has 0 aliphatic rings. The summed E-state index contributed by atoms with van der Waals surface area (Å²) in [6.45, 7) is 6.26. The minimum absolute atomic E-state index is 0. The van der Waals surface area contributed by atoms with Crippen LogP contribution < -0.4 is 0 Å². The summed E-state index contributed by atoms with van der Waals surface area (Å²) >= 11 is 0. The Balaban J connectivity index is 0. The predicted molar refractivity (Wildman–Crippen MR) is 55.5 cm³/mol. The minimum atomic E-state index is 0. The van der Waals surface area contributed by atoms with Crippen molar-refractivity contribution in [2.75, 3.05) is 0 Å². The molecule has 0 aliphatic heterocycles. The second-order valence-corrected chi connectivity index (χ2v) is 3.02. The maximum Gasteiger partial charge on any atom is 0.171 e. The van der Waals surface area contributed by atoms with Gasteiger partial charge in [0.15, 0.2) is 5.82 Å². The summed E-state index contributed by atoms with van der Waals surface area (Å²) in [6.07, 6.45) is 7.01. The van der Waals surface area contributed by atoms with E-state index in [9.17, 15) is 0 Å². The van der Waals surface area contributed by atoms with Crippen molar-refractivity contribution in [3.05, 3.63) is 5.82 Å². The number of nitrogens with one attached hydrogen (secondary N) is 1. The Morgan fingerprint density at radius 2 is 1.77 bits per heavy atom. The van der Waals surface area contributed by atoms with Crippen molar-refractivity contribution < 1.29 is 1.43 Å². The highest BCUT2D eigenvalue weighted by Crippen LogP contribution is 2.00. The van der Waals surface area contributed by atoms with Crippen LogP contribution in [0.5, 0.6) is 0 Å². The van der Waals surface area contributed by atoms with Gasteiger partial charge in [0.05, 0.1) is 0 Å². The first-order chi connectivity index (χ1) is 6.31. The Hall–Kier alpha value is -0.930. The highest BCUT2D eigenvalue weighted by atomic mass is 15.5. The zero-order chi connectivity index (χ0) is 9.94. The number of tetrazole rings is 1. The molecule has 0 fully saturated rings. The fourth-order valence-electron chi connectivity index (χ4n) is 0.889. The van der Waals surface area contributed by atoms with E-state index >= 15 is 0 Å². The second-order valence-electron chi connectivity index (χ2n) is 3.02. The summed E-state index contributed by atoms with van der Waals surface area (Å²) in [4.78, 5) is 0. The van der Waals surface area contributed by atoms with Gasteiger partial charge in [-0.1, -0.05) is 51.2 Å². The monoisotopic (exact) mass is 186 g/mol. The lowest BCUT2D eigenvalue weighted by Gasteiger charge is -1.90. The molecule has 0 aromatic carbocycles. The van der Waals surface area contributed by atoms with E-state index in [4.69, 9.17) is 0 Å². The SMILES string of the molecule is CCCCCCC.Cc1nn[nH]n1.[HH]. The maximum atomic E-state index is 3.57. The second kappa shape index (κ2) is 9.16. The smallest absolute Gasteiger partial charge is 0.171 e. The fourth-order valence-corrected chi connectivity index (χ4v) is 0.889. The molecule has 4 nitrogen and oxygen atoms in total. The molecule has 0 unspecified atom stereocenters. The summed E-state index contributed by atoms with van der Waals surface area (Å²) in [5.74, 6) is 0.676. The summed E-state index contributed by atoms with van der Waals surface area (Å²) in [5.41, 5.74) is 0. The Labute approximate surface area is 81.6 Å². The van der Waals surface area contributed by atoms with Gasteiger partial charge < -0.3 is 0 Å². The van der Waals surface area contributed by atoms with Crippen molar-refractivity contribution >= 4 is 0 Å². The number of aromatic amines is 1. The Morgan fingerprint density at radius 1 is 1.15 bits per heavy atom.